The average Bonchev–Trinajstić information content (AvgIpc) is 2.71. The first-order valence-corrected chi connectivity index (χ1v) is 7.75. The summed E-state index contributed by atoms with van der Waals surface area (Å²) in [6.07, 6.45) is 1.85. The Morgan fingerprint density at radius 3 is 2.67 bits per heavy atom. The molecule has 0 spiro atoms. The molecule has 0 radical (unpaired) electrons. The van der Waals surface area contributed by atoms with Gasteiger partial charge in [-0.2, -0.15) is 0 Å². The van der Waals surface area contributed by atoms with Crippen LogP contribution in [0.4, 0.5) is 4.39 Å². The first-order valence-electron chi connectivity index (χ1n) is 6.96. The van der Waals surface area contributed by atoms with E-state index in [0.717, 1.165) is 16.0 Å². The van der Waals surface area contributed by atoms with Gasteiger partial charge in [-0.25, -0.2) is 9.37 Å². The molecule has 5 heteroatoms. The first kappa shape index (κ1) is 16.2. The number of nitrogens with one attached hydrogen (secondary N) is 1. The summed E-state index contributed by atoms with van der Waals surface area (Å²) in [5, 5.41) is 3.44. The van der Waals surface area contributed by atoms with E-state index >= 15 is 0 Å². The third-order valence-electron chi connectivity index (χ3n) is 3.28. The lowest BCUT2D eigenvalue weighted by molar-refractivity contribution is 0.416. The van der Waals surface area contributed by atoms with Crippen molar-refractivity contribution < 1.29 is 4.39 Å². The van der Waals surface area contributed by atoms with Crippen LogP contribution in [0.3, 0.4) is 0 Å². The van der Waals surface area contributed by atoms with Crippen LogP contribution in [0.2, 0.25) is 0 Å². The van der Waals surface area contributed by atoms with Crippen molar-refractivity contribution in [3.63, 3.8) is 0 Å². The van der Waals surface area contributed by atoms with Gasteiger partial charge in [-0.15, -0.1) is 0 Å². The maximum atomic E-state index is 14.0. The summed E-state index contributed by atoms with van der Waals surface area (Å²) in [7, 11) is 0. The largest absolute Gasteiger partial charge is 0.326 e. The standard InChI is InChI=1S/C16H21BrFN3/c1-11-19-8-14(9-20-16(2,3)4)21(11)10-12-5-6-13(17)7-15(12)18/h5-8,20H,9-10H2,1-4H3. The molecule has 0 aliphatic heterocycles. The van der Waals surface area contributed by atoms with E-state index in [1.807, 2.05) is 23.8 Å². The molecule has 2 aromatic rings. The van der Waals surface area contributed by atoms with Gasteiger partial charge < -0.3 is 9.88 Å². The van der Waals surface area contributed by atoms with Gasteiger partial charge in [-0.05, 0) is 39.8 Å². The Morgan fingerprint density at radius 1 is 1.33 bits per heavy atom. The van der Waals surface area contributed by atoms with Crippen LogP contribution in [-0.2, 0) is 13.1 Å². The van der Waals surface area contributed by atoms with Gasteiger partial charge in [0.25, 0.3) is 0 Å². The summed E-state index contributed by atoms with van der Waals surface area (Å²) in [6, 6.07) is 5.16. The van der Waals surface area contributed by atoms with Crippen LogP contribution in [0.5, 0.6) is 0 Å². The van der Waals surface area contributed by atoms with E-state index in [4.69, 9.17) is 0 Å². The molecular weight excluding hydrogens is 333 g/mol. The number of aromatic nitrogens is 2. The predicted molar refractivity (Wildman–Crippen MR) is 86.8 cm³/mol. The highest BCUT2D eigenvalue weighted by atomic mass is 79.9. The normalized spacial score (nSPS) is 11.9. The molecule has 0 aliphatic rings. The van der Waals surface area contributed by atoms with Gasteiger partial charge in [-0.1, -0.05) is 22.0 Å². The van der Waals surface area contributed by atoms with Crippen molar-refractivity contribution in [1.29, 1.82) is 0 Å². The van der Waals surface area contributed by atoms with Gasteiger partial charge in [0.1, 0.15) is 11.6 Å². The fourth-order valence-electron chi connectivity index (χ4n) is 2.05. The highest BCUT2D eigenvalue weighted by molar-refractivity contribution is 9.10. The molecule has 0 aliphatic carbocycles. The third kappa shape index (κ3) is 4.38. The van der Waals surface area contributed by atoms with Crippen LogP contribution in [0.1, 0.15) is 37.9 Å². The van der Waals surface area contributed by atoms with Crippen LogP contribution < -0.4 is 5.32 Å². The molecule has 1 heterocycles. The van der Waals surface area contributed by atoms with E-state index < -0.39 is 0 Å². The van der Waals surface area contributed by atoms with Crippen molar-refractivity contribution in [2.24, 2.45) is 0 Å². The van der Waals surface area contributed by atoms with Gasteiger partial charge in [0.2, 0.25) is 0 Å². The minimum atomic E-state index is -0.202. The van der Waals surface area contributed by atoms with E-state index in [1.54, 1.807) is 6.07 Å². The maximum Gasteiger partial charge on any atom is 0.129 e. The van der Waals surface area contributed by atoms with Gasteiger partial charge in [0, 0.05) is 28.3 Å². The molecule has 0 saturated carbocycles. The molecule has 3 nitrogen and oxygen atoms in total. The maximum absolute atomic E-state index is 14.0. The zero-order valence-electron chi connectivity index (χ0n) is 12.9. The highest BCUT2D eigenvalue weighted by Gasteiger charge is 2.13. The van der Waals surface area contributed by atoms with Crippen LogP contribution in [0.25, 0.3) is 0 Å². The number of imidazole rings is 1. The summed E-state index contributed by atoms with van der Waals surface area (Å²) in [5.41, 5.74) is 1.76. The van der Waals surface area contributed by atoms with Crippen LogP contribution in [-0.4, -0.2) is 15.1 Å². The topological polar surface area (TPSA) is 29.9 Å². The van der Waals surface area contributed by atoms with Crippen LogP contribution >= 0.6 is 15.9 Å². The summed E-state index contributed by atoms with van der Waals surface area (Å²) >= 11 is 3.28. The van der Waals surface area contributed by atoms with Gasteiger partial charge in [0.15, 0.2) is 0 Å². The smallest absolute Gasteiger partial charge is 0.129 e. The van der Waals surface area contributed by atoms with E-state index in [-0.39, 0.29) is 11.4 Å². The van der Waals surface area contributed by atoms with E-state index in [9.17, 15) is 4.39 Å². The number of rotatable bonds is 4. The molecule has 21 heavy (non-hydrogen) atoms. The molecule has 0 fully saturated rings. The Balaban J connectivity index is 2.21. The van der Waals surface area contributed by atoms with Crippen molar-refractivity contribution in [3.8, 4) is 0 Å². The van der Waals surface area contributed by atoms with Crippen molar-refractivity contribution in [1.82, 2.24) is 14.9 Å². The molecule has 0 bridgehead atoms. The number of aryl methyl sites for hydroxylation is 1. The van der Waals surface area contributed by atoms with Gasteiger partial charge >= 0.3 is 0 Å². The lowest BCUT2D eigenvalue weighted by Gasteiger charge is -2.21. The Bertz CT molecular complexity index is 629. The van der Waals surface area contributed by atoms with Gasteiger partial charge in [0.05, 0.1) is 12.2 Å². The minimum Gasteiger partial charge on any atom is -0.326 e. The fourth-order valence-corrected chi connectivity index (χ4v) is 2.38. The minimum absolute atomic E-state index is 0.0336. The zero-order valence-corrected chi connectivity index (χ0v) is 14.5. The predicted octanol–water partition coefficient (Wildman–Crippen LogP) is 4.03. The molecule has 0 atom stereocenters. The quantitative estimate of drug-likeness (QED) is 0.899. The van der Waals surface area contributed by atoms with Crippen LogP contribution in [0.15, 0.2) is 28.9 Å². The van der Waals surface area contributed by atoms with Crippen molar-refractivity contribution in [3.05, 3.63) is 51.8 Å². The molecule has 0 unspecified atom stereocenters. The Kier molecular flexibility index (Phi) is 4.84. The van der Waals surface area contributed by atoms with Gasteiger partial charge in [-0.3, -0.25) is 0 Å². The summed E-state index contributed by atoms with van der Waals surface area (Å²) in [6.45, 7) is 9.50. The number of hydrogen-bond acceptors (Lipinski definition) is 2. The molecule has 1 aromatic heterocycles. The Labute approximate surface area is 133 Å². The lowest BCUT2D eigenvalue weighted by atomic mass is 10.1. The molecule has 1 N–H and O–H groups in total. The second-order valence-corrected chi connectivity index (χ2v) is 7.14. The second kappa shape index (κ2) is 6.28. The van der Waals surface area contributed by atoms with E-state index in [2.05, 4.69) is 47.0 Å². The molecule has 0 amide bonds. The van der Waals surface area contributed by atoms with E-state index in [1.165, 1.54) is 6.07 Å². The monoisotopic (exact) mass is 353 g/mol. The molecular formula is C16H21BrFN3. The lowest BCUT2D eigenvalue weighted by Crippen LogP contribution is -2.35. The third-order valence-corrected chi connectivity index (χ3v) is 3.77. The molecule has 114 valence electrons. The zero-order chi connectivity index (χ0) is 15.6. The molecule has 2 rings (SSSR count). The second-order valence-electron chi connectivity index (χ2n) is 6.22. The number of hydrogen-bond donors (Lipinski definition) is 1. The fraction of sp³-hybridized carbons (Fsp3) is 0.438. The van der Waals surface area contributed by atoms with Crippen LogP contribution in [0, 0.1) is 12.7 Å². The molecule has 1 aromatic carbocycles. The van der Waals surface area contributed by atoms with E-state index in [0.29, 0.717) is 18.7 Å². The van der Waals surface area contributed by atoms with Crippen molar-refractivity contribution >= 4 is 15.9 Å². The average molecular weight is 354 g/mol. The first-order chi connectivity index (χ1) is 9.76. The number of nitrogens with zero attached hydrogens (tertiary/aromatic N) is 2. The Morgan fingerprint density at radius 2 is 2.05 bits per heavy atom. The van der Waals surface area contributed by atoms with Crippen molar-refractivity contribution in [2.75, 3.05) is 0 Å². The highest BCUT2D eigenvalue weighted by Crippen LogP contribution is 2.18. The SMILES string of the molecule is Cc1ncc(CNC(C)(C)C)n1Cc1ccc(Br)cc1F. The van der Waals surface area contributed by atoms with Crippen molar-refractivity contribution in [2.45, 2.75) is 46.3 Å². The molecule has 0 saturated heterocycles. The number of benzene rings is 1. The summed E-state index contributed by atoms with van der Waals surface area (Å²) in [5.74, 6) is 0.690. The number of halogens is 2. The summed E-state index contributed by atoms with van der Waals surface area (Å²) < 4.78 is 16.8. The Hall–Kier alpha value is -1.20. The summed E-state index contributed by atoms with van der Waals surface area (Å²) in [4.78, 5) is 4.35.